The van der Waals surface area contributed by atoms with Crippen LogP contribution in [-0.4, -0.2) is 71.4 Å². The van der Waals surface area contributed by atoms with E-state index in [2.05, 4.69) is 16.9 Å². The van der Waals surface area contributed by atoms with Crippen LogP contribution in [0.15, 0.2) is 34.9 Å². The van der Waals surface area contributed by atoms with Gasteiger partial charge in [0.1, 0.15) is 0 Å². The number of halogens is 2. The molecule has 40 heavy (non-hydrogen) atoms. The third-order valence-electron chi connectivity index (χ3n) is 7.11. The third kappa shape index (κ3) is 5.46. The molecule has 1 fully saturated rings. The number of nitrogens with one attached hydrogen (secondary N) is 1. The molecule has 0 radical (unpaired) electrons. The fourth-order valence-electron chi connectivity index (χ4n) is 5.34. The quantitative estimate of drug-likeness (QED) is 0.122. The van der Waals surface area contributed by atoms with Gasteiger partial charge in [0.15, 0.2) is 0 Å². The molecular weight excluding hydrogens is 666 g/mol. The normalized spacial score (nSPS) is 21.4. The summed E-state index contributed by atoms with van der Waals surface area (Å²) in [6.45, 7) is 5.23. The number of sulfonamides is 1. The molecule has 1 saturated heterocycles. The number of nitrogens with zero attached hydrogens (tertiary/aromatic N) is 3. The number of amides is 1. The van der Waals surface area contributed by atoms with E-state index >= 15 is 0 Å². The second-order valence-electron chi connectivity index (χ2n) is 10.0. The number of imidazole rings is 1. The van der Waals surface area contributed by atoms with Crippen LogP contribution in [0.25, 0.3) is 17.1 Å². The standard InChI is InChI=1S/C25H26Cl2N4O6S2Se/c1-4-29-18-11-16(26)17(27)12-19(18)30(8-5-9-39(35,36)37)23(29)13-24-31(14-21(31)25(32)28-38(3,33)34)20-10-15(2)6-7-22(20)40-24/h6-7,10-13,21H,4-5,8-9,14H2,1-3H3/p+2. The minimum atomic E-state index is -4.15. The molecule has 2 aliphatic heterocycles. The van der Waals surface area contributed by atoms with Crippen molar-refractivity contribution in [2.75, 3.05) is 18.6 Å². The Morgan fingerprint density at radius 1 is 1.23 bits per heavy atom. The van der Waals surface area contributed by atoms with Crippen molar-refractivity contribution in [2.45, 2.75) is 39.4 Å². The van der Waals surface area contributed by atoms with Crippen molar-refractivity contribution in [3.8, 4) is 0 Å². The van der Waals surface area contributed by atoms with Crippen molar-refractivity contribution in [1.82, 2.24) is 13.8 Å². The van der Waals surface area contributed by atoms with E-state index in [1.165, 1.54) is 0 Å². The molecule has 0 bridgehead atoms. The second-order valence-corrected chi connectivity index (χ2v) is 16.4. The molecule has 2 aromatic carbocycles. The Balaban J connectivity index is 1.69. The van der Waals surface area contributed by atoms with E-state index < -0.39 is 37.8 Å². The summed E-state index contributed by atoms with van der Waals surface area (Å²) in [5, 5.41) is 0.732. The number of hydrogen-bond acceptors (Lipinski definition) is 5. The van der Waals surface area contributed by atoms with Crippen molar-refractivity contribution >= 4 is 91.5 Å². The predicted octanol–water partition coefficient (Wildman–Crippen LogP) is 1.95. The van der Waals surface area contributed by atoms with Gasteiger partial charge >= 0.3 is 250 Å². The average molecular weight is 695 g/mol. The Bertz CT molecular complexity index is 1820. The number of fused-ring (bicyclic) bond motifs is 3. The van der Waals surface area contributed by atoms with E-state index in [4.69, 9.17) is 23.2 Å². The number of hydrogen-bond donors (Lipinski definition) is 2. The summed E-state index contributed by atoms with van der Waals surface area (Å²) in [7, 11) is -7.88. The number of carbonyl (C=O) groups is 1. The molecule has 0 aliphatic carbocycles. The Hall–Kier alpha value is -1.96. The van der Waals surface area contributed by atoms with Crippen molar-refractivity contribution in [3.63, 3.8) is 0 Å². The van der Waals surface area contributed by atoms with Gasteiger partial charge in [0.25, 0.3) is 0 Å². The molecule has 15 heteroatoms. The molecule has 1 amide bonds. The summed E-state index contributed by atoms with van der Waals surface area (Å²) in [6.07, 6.45) is 3.15. The summed E-state index contributed by atoms with van der Waals surface area (Å²) < 4.78 is 64.5. The topological polar surface area (TPSA) is 126 Å². The Morgan fingerprint density at radius 3 is 2.58 bits per heavy atom. The maximum absolute atomic E-state index is 13.1. The van der Waals surface area contributed by atoms with Crippen molar-refractivity contribution < 1.29 is 30.7 Å². The van der Waals surface area contributed by atoms with E-state index in [0.29, 0.717) is 23.1 Å². The Morgan fingerprint density at radius 2 is 1.93 bits per heavy atom. The fourth-order valence-corrected chi connectivity index (χ4v) is 9.41. The van der Waals surface area contributed by atoms with Gasteiger partial charge in [-0.2, -0.15) is 0 Å². The van der Waals surface area contributed by atoms with Crippen LogP contribution < -0.4 is 18.2 Å². The second kappa shape index (κ2) is 10.4. The number of quaternary nitrogens is 1. The summed E-state index contributed by atoms with van der Waals surface area (Å²) in [6, 6.07) is 9.06. The van der Waals surface area contributed by atoms with Crippen molar-refractivity contribution in [1.29, 1.82) is 0 Å². The molecule has 2 N–H and O–H groups in total. The molecule has 2 aliphatic rings. The van der Waals surface area contributed by atoms with Gasteiger partial charge in [0.05, 0.1) is 0 Å². The van der Waals surface area contributed by atoms with Crippen LogP contribution in [0, 0.1) is 6.92 Å². The Labute approximate surface area is 249 Å². The first-order chi connectivity index (χ1) is 18.6. The molecule has 3 aromatic rings. The Kier molecular flexibility index (Phi) is 7.67. The molecule has 0 saturated carbocycles. The molecule has 1 spiro atoms. The maximum atomic E-state index is 13.1. The first kappa shape index (κ1) is 29.5. The third-order valence-corrected chi connectivity index (χ3v) is 11.8. The van der Waals surface area contributed by atoms with Gasteiger partial charge in [-0.05, 0) is 0 Å². The summed E-state index contributed by atoms with van der Waals surface area (Å²) in [4.78, 5) is 13.1. The SMILES string of the molecule is CCn1c(C=C2[Se]c3ccc(C)cc3[N+]23CC3C(=O)NS(C)(=O)=O)[n+](CCCS(=O)(=O)O)c2cc(Cl)c(Cl)cc21. The number of aryl methyl sites for hydroxylation is 3. The molecule has 3 heterocycles. The van der Waals surface area contributed by atoms with Gasteiger partial charge in [-0.15, -0.1) is 0 Å². The van der Waals surface area contributed by atoms with Gasteiger partial charge in [-0.3, -0.25) is 0 Å². The fraction of sp³-hybridized carbons (Fsp3) is 0.360. The van der Waals surface area contributed by atoms with Crippen molar-refractivity contribution in [2.24, 2.45) is 0 Å². The van der Waals surface area contributed by atoms with Crippen LogP contribution in [-0.2, 0) is 38.0 Å². The summed E-state index contributed by atoms with van der Waals surface area (Å²) in [5.41, 5.74) is 3.58. The zero-order valence-corrected chi connectivity index (χ0v) is 26.7. The number of benzene rings is 2. The number of aromatic nitrogens is 2. The van der Waals surface area contributed by atoms with Crippen LogP contribution in [0.3, 0.4) is 0 Å². The number of carbonyl (C=O) groups excluding carboxylic acids is 1. The minimum absolute atomic E-state index is 0.159. The zero-order chi connectivity index (χ0) is 29.2. The molecule has 214 valence electrons. The van der Waals surface area contributed by atoms with Gasteiger partial charge < -0.3 is 0 Å². The molecule has 10 nitrogen and oxygen atoms in total. The predicted molar refractivity (Wildman–Crippen MR) is 157 cm³/mol. The summed E-state index contributed by atoms with van der Waals surface area (Å²) in [5.74, 6) is -0.188. The van der Waals surface area contributed by atoms with E-state index in [0.717, 1.165) is 43.4 Å². The first-order valence-electron chi connectivity index (χ1n) is 12.4. The molecular formula is C25H28Cl2N4O6S2Se+2. The van der Waals surface area contributed by atoms with Crippen LogP contribution in [0.1, 0.15) is 24.7 Å². The molecule has 2 unspecified atom stereocenters. The first-order valence-corrected chi connectivity index (χ1v) is 18.4. The number of rotatable bonds is 8. The van der Waals surface area contributed by atoms with Gasteiger partial charge in [-0.25, -0.2) is 0 Å². The van der Waals surface area contributed by atoms with Gasteiger partial charge in [-0.1, -0.05) is 0 Å². The van der Waals surface area contributed by atoms with E-state index in [-0.39, 0.29) is 32.4 Å². The average Bonchev–Trinajstić information content (AvgIpc) is 3.45. The van der Waals surface area contributed by atoms with Crippen molar-refractivity contribution in [3.05, 3.63) is 56.4 Å². The zero-order valence-electron chi connectivity index (χ0n) is 21.9. The summed E-state index contributed by atoms with van der Waals surface area (Å²) >= 11 is 12.6. The van der Waals surface area contributed by atoms with E-state index in [1.54, 1.807) is 12.1 Å². The van der Waals surface area contributed by atoms with Crippen LogP contribution in [0.4, 0.5) is 5.69 Å². The molecule has 1 aromatic heterocycles. The molecule has 2 atom stereocenters. The van der Waals surface area contributed by atoms with Gasteiger partial charge in [0.2, 0.25) is 0 Å². The van der Waals surface area contributed by atoms with Crippen LogP contribution in [0.5, 0.6) is 0 Å². The van der Waals surface area contributed by atoms with Gasteiger partial charge in [0, 0.05) is 0 Å². The van der Waals surface area contributed by atoms with E-state index in [9.17, 15) is 26.2 Å². The van der Waals surface area contributed by atoms with Crippen LogP contribution in [0.2, 0.25) is 10.0 Å². The van der Waals surface area contributed by atoms with E-state index in [1.807, 2.05) is 35.1 Å². The molecule has 5 rings (SSSR count). The van der Waals surface area contributed by atoms with Crippen LogP contribution >= 0.6 is 23.2 Å². The monoisotopic (exact) mass is 694 g/mol.